The molecule has 2 rings (SSSR count). The Hall–Kier alpha value is -0.610. The fourth-order valence-electron chi connectivity index (χ4n) is 3.35. The lowest BCUT2D eigenvalue weighted by Crippen LogP contribution is -2.43. The standard InChI is InChI=1S/C15H29N3O/c1-13(4-7-16)15(19)18-10-5-14(6-11-18)12-17-8-2-3-9-17/h13-14H,2-12,16H2,1H3. The minimum Gasteiger partial charge on any atom is -0.342 e. The summed E-state index contributed by atoms with van der Waals surface area (Å²) in [4.78, 5) is 16.9. The van der Waals surface area contributed by atoms with Crippen LogP contribution in [0.2, 0.25) is 0 Å². The van der Waals surface area contributed by atoms with E-state index < -0.39 is 0 Å². The van der Waals surface area contributed by atoms with Crippen LogP contribution in [0.3, 0.4) is 0 Å². The highest BCUT2D eigenvalue weighted by Gasteiger charge is 2.27. The fourth-order valence-corrected chi connectivity index (χ4v) is 3.35. The molecule has 110 valence electrons. The second kappa shape index (κ2) is 7.25. The van der Waals surface area contributed by atoms with Crippen molar-refractivity contribution in [2.24, 2.45) is 17.6 Å². The molecular formula is C15H29N3O. The van der Waals surface area contributed by atoms with Crippen LogP contribution in [-0.4, -0.2) is 55.0 Å². The van der Waals surface area contributed by atoms with Gasteiger partial charge in [0.25, 0.3) is 0 Å². The average Bonchev–Trinajstić information content (AvgIpc) is 2.92. The van der Waals surface area contributed by atoms with Crippen molar-refractivity contribution in [3.8, 4) is 0 Å². The molecule has 0 radical (unpaired) electrons. The molecule has 19 heavy (non-hydrogen) atoms. The third-order valence-electron chi connectivity index (χ3n) is 4.66. The number of piperidine rings is 1. The van der Waals surface area contributed by atoms with Crippen LogP contribution in [0.15, 0.2) is 0 Å². The summed E-state index contributed by atoms with van der Waals surface area (Å²) in [6.45, 7) is 8.34. The van der Waals surface area contributed by atoms with Crippen LogP contribution in [0.4, 0.5) is 0 Å². The molecule has 1 atom stereocenters. The first kappa shape index (κ1) is 14.8. The Kier molecular flexibility index (Phi) is 5.64. The van der Waals surface area contributed by atoms with Crippen molar-refractivity contribution >= 4 is 5.91 Å². The number of nitrogens with zero attached hydrogens (tertiary/aromatic N) is 2. The lowest BCUT2D eigenvalue weighted by Gasteiger charge is -2.35. The van der Waals surface area contributed by atoms with Crippen molar-refractivity contribution in [3.05, 3.63) is 0 Å². The van der Waals surface area contributed by atoms with E-state index in [1.54, 1.807) is 0 Å². The third kappa shape index (κ3) is 4.18. The van der Waals surface area contributed by atoms with Crippen molar-refractivity contribution in [3.63, 3.8) is 0 Å². The highest BCUT2D eigenvalue weighted by Crippen LogP contribution is 2.22. The Morgan fingerprint density at radius 1 is 1.21 bits per heavy atom. The maximum absolute atomic E-state index is 12.2. The zero-order chi connectivity index (χ0) is 13.7. The van der Waals surface area contributed by atoms with E-state index in [1.807, 2.05) is 6.92 Å². The van der Waals surface area contributed by atoms with E-state index in [2.05, 4.69) is 9.80 Å². The van der Waals surface area contributed by atoms with E-state index in [1.165, 1.54) is 45.3 Å². The van der Waals surface area contributed by atoms with E-state index in [-0.39, 0.29) is 5.92 Å². The molecule has 2 fully saturated rings. The Bertz CT molecular complexity index is 281. The molecule has 4 nitrogen and oxygen atoms in total. The van der Waals surface area contributed by atoms with Crippen molar-refractivity contribution in [2.45, 2.75) is 39.0 Å². The first-order valence-electron chi connectivity index (χ1n) is 7.92. The van der Waals surface area contributed by atoms with Crippen molar-refractivity contribution in [2.75, 3.05) is 39.3 Å². The van der Waals surface area contributed by atoms with E-state index in [9.17, 15) is 4.79 Å². The molecule has 0 bridgehead atoms. The van der Waals surface area contributed by atoms with Crippen LogP contribution >= 0.6 is 0 Å². The van der Waals surface area contributed by atoms with Gasteiger partial charge in [-0.05, 0) is 57.7 Å². The molecule has 2 heterocycles. The number of nitrogens with two attached hydrogens (primary N) is 1. The molecule has 0 aromatic carbocycles. The summed E-state index contributed by atoms with van der Waals surface area (Å²) >= 11 is 0. The summed E-state index contributed by atoms with van der Waals surface area (Å²) in [6.07, 6.45) is 5.91. The summed E-state index contributed by atoms with van der Waals surface area (Å²) in [5.74, 6) is 1.21. The summed E-state index contributed by atoms with van der Waals surface area (Å²) in [5, 5.41) is 0. The van der Waals surface area contributed by atoms with Crippen molar-refractivity contribution < 1.29 is 4.79 Å². The van der Waals surface area contributed by atoms with Gasteiger partial charge in [-0.2, -0.15) is 0 Å². The maximum Gasteiger partial charge on any atom is 0.225 e. The van der Waals surface area contributed by atoms with Gasteiger partial charge in [0.15, 0.2) is 0 Å². The molecule has 4 heteroatoms. The van der Waals surface area contributed by atoms with E-state index in [4.69, 9.17) is 5.73 Å². The molecule has 0 aliphatic carbocycles. The Balaban J connectivity index is 1.70. The van der Waals surface area contributed by atoms with Gasteiger partial charge in [-0.3, -0.25) is 4.79 Å². The van der Waals surface area contributed by atoms with Crippen LogP contribution in [0.5, 0.6) is 0 Å². The molecule has 0 spiro atoms. The number of likely N-dealkylation sites (tertiary alicyclic amines) is 2. The number of carbonyl (C=O) groups excluding carboxylic acids is 1. The van der Waals surface area contributed by atoms with Gasteiger partial charge in [-0.1, -0.05) is 6.92 Å². The molecule has 0 aromatic rings. The van der Waals surface area contributed by atoms with Gasteiger partial charge in [0.05, 0.1) is 0 Å². The predicted octanol–water partition coefficient (Wildman–Crippen LogP) is 1.31. The van der Waals surface area contributed by atoms with Crippen LogP contribution in [0.25, 0.3) is 0 Å². The first-order valence-corrected chi connectivity index (χ1v) is 7.92. The first-order chi connectivity index (χ1) is 9.20. The molecule has 2 aliphatic heterocycles. The predicted molar refractivity (Wildman–Crippen MR) is 77.8 cm³/mol. The summed E-state index contributed by atoms with van der Waals surface area (Å²) in [5.41, 5.74) is 5.53. The fraction of sp³-hybridized carbons (Fsp3) is 0.933. The molecule has 2 aliphatic rings. The Morgan fingerprint density at radius 2 is 1.84 bits per heavy atom. The van der Waals surface area contributed by atoms with E-state index in [0.29, 0.717) is 12.5 Å². The molecule has 2 N–H and O–H groups in total. The van der Waals surface area contributed by atoms with Crippen LogP contribution in [-0.2, 0) is 4.79 Å². The zero-order valence-electron chi connectivity index (χ0n) is 12.3. The minimum absolute atomic E-state index is 0.0973. The summed E-state index contributed by atoms with van der Waals surface area (Å²) < 4.78 is 0. The van der Waals surface area contributed by atoms with Crippen molar-refractivity contribution in [1.29, 1.82) is 0 Å². The number of hydrogen-bond donors (Lipinski definition) is 1. The zero-order valence-corrected chi connectivity index (χ0v) is 12.3. The lowest BCUT2D eigenvalue weighted by molar-refractivity contribution is -0.136. The molecule has 0 aromatic heterocycles. The van der Waals surface area contributed by atoms with Crippen LogP contribution < -0.4 is 5.73 Å². The van der Waals surface area contributed by atoms with Gasteiger partial charge < -0.3 is 15.5 Å². The SMILES string of the molecule is CC(CCN)C(=O)N1CCC(CN2CCCC2)CC1. The van der Waals surface area contributed by atoms with Gasteiger partial charge in [0.2, 0.25) is 5.91 Å². The normalized spacial score (nSPS) is 23.8. The topological polar surface area (TPSA) is 49.6 Å². The van der Waals surface area contributed by atoms with E-state index in [0.717, 1.165) is 25.4 Å². The Morgan fingerprint density at radius 3 is 2.42 bits per heavy atom. The lowest BCUT2D eigenvalue weighted by atomic mass is 9.95. The van der Waals surface area contributed by atoms with Crippen LogP contribution in [0.1, 0.15) is 39.0 Å². The number of rotatable bonds is 5. The second-order valence-corrected chi connectivity index (χ2v) is 6.25. The van der Waals surface area contributed by atoms with Gasteiger partial charge >= 0.3 is 0 Å². The van der Waals surface area contributed by atoms with Crippen LogP contribution in [0, 0.1) is 11.8 Å². The quantitative estimate of drug-likeness (QED) is 0.817. The maximum atomic E-state index is 12.2. The molecule has 2 saturated heterocycles. The monoisotopic (exact) mass is 267 g/mol. The summed E-state index contributed by atoms with van der Waals surface area (Å²) in [6, 6.07) is 0. The minimum atomic E-state index is 0.0973. The number of carbonyl (C=O) groups is 1. The third-order valence-corrected chi connectivity index (χ3v) is 4.66. The highest BCUT2D eigenvalue weighted by molar-refractivity contribution is 5.78. The van der Waals surface area contributed by atoms with Gasteiger partial charge in [-0.25, -0.2) is 0 Å². The van der Waals surface area contributed by atoms with Crippen molar-refractivity contribution in [1.82, 2.24) is 9.80 Å². The number of amides is 1. The average molecular weight is 267 g/mol. The highest BCUT2D eigenvalue weighted by atomic mass is 16.2. The van der Waals surface area contributed by atoms with Gasteiger partial charge in [0.1, 0.15) is 0 Å². The Labute approximate surface area is 117 Å². The molecular weight excluding hydrogens is 238 g/mol. The van der Waals surface area contributed by atoms with E-state index >= 15 is 0 Å². The summed E-state index contributed by atoms with van der Waals surface area (Å²) in [7, 11) is 0. The van der Waals surface area contributed by atoms with Gasteiger partial charge in [0, 0.05) is 25.6 Å². The number of hydrogen-bond acceptors (Lipinski definition) is 3. The molecule has 0 saturated carbocycles. The largest absolute Gasteiger partial charge is 0.342 e. The molecule has 1 amide bonds. The van der Waals surface area contributed by atoms with Gasteiger partial charge in [-0.15, -0.1) is 0 Å². The molecule has 1 unspecified atom stereocenters. The smallest absolute Gasteiger partial charge is 0.225 e. The second-order valence-electron chi connectivity index (χ2n) is 6.25.